The van der Waals surface area contributed by atoms with E-state index in [2.05, 4.69) is 4.74 Å². The molecule has 29 heavy (non-hydrogen) atoms. The van der Waals surface area contributed by atoms with Crippen LogP contribution in [0.25, 0.3) is 0 Å². The molecule has 0 aliphatic heterocycles. The number of carbonyl (C=O) groups is 4. The number of carboxylic acid groups (broad SMARTS) is 2. The summed E-state index contributed by atoms with van der Waals surface area (Å²) in [5.74, 6) is -2.55. The molecule has 0 aliphatic carbocycles. The number of hydrogen-bond donors (Lipinski definition) is 2. The summed E-state index contributed by atoms with van der Waals surface area (Å²) in [5.41, 5.74) is -0.784. The van der Waals surface area contributed by atoms with Crippen molar-refractivity contribution < 1.29 is 57.8 Å². The standard InChI is InChI=1S/C17H28O12/c1-17(8-27-12-25-5-2-14(19)20,9-28-13-26-6-3-15(21)22)10-29-16(23)4-7-24-11-18/h11H,2-10,12-13H2,1H3,(H,19,20)(H,21,22). The van der Waals surface area contributed by atoms with Gasteiger partial charge in [-0.05, 0) is 0 Å². The van der Waals surface area contributed by atoms with Gasteiger partial charge in [0.05, 0.1) is 45.7 Å². The summed E-state index contributed by atoms with van der Waals surface area (Å²) in [6, 6.07) is 0. The van der Waals surface area contributed by atoms with Gasteiger partial charge in [-0.1, -0.05) is 6.92 Å². The largest absolute Gasteiger partial charge is 0.481 e. The Hall–Kier alpha value is -2.28. The van der Waals surface area contributed by atoms with E-state index in [4.69, 9.17) is 33.9 Å². The number of hydrogen-bond acceptors (Lipinski definition) is 10. The fourth-order valence-electron chi connectivity index (χ4n) is 1.77. The lowest BCUT2D eigenvalue weighted by Gasteiger charge is -2.28. The second kappa shape index (κ2) is 16.7. The number of carbonyl (C=O) groups excluding carboxylic acids is 2. The van der Waals surface area contributed by atoms with Crippen LogP contribution in [0.1, 0.15) is 26.2 Å². The summed E-state index contributed by atoms with van der Waals surface area (Å²) in [4.78, 5) is 42.5. The monoisotopic (exact) mass is 424 g/mol. The third-order valence-corrected chi connectivity index (χ3v) is 3.23. The van der Waals surface area contributed by atoms with Crippen molar-refractivity contribution in [3.8, 4) is 0 Å². The third-order valence-electron chi connectivity index (χ3n) is 3.23. The van der Waals surface area contributed by atoms with E-state index in [1.165, 1.54) is 0 Å². The van der Waals surface area contributed by atoms with E-state index in [1.807, 2.05) is 0 Å². The molecule has 0 atom stereocenters. The van der Waals surface area contributed by atoms with E-state index < -0.39 is 23.3 Å². The van der Waals surface area contributed by atoms with Gasteiger partial charge in [0.25, 0.3) is 6.47 Å². The Balaban J connectivity index is 4.32. The van der Waals surface area contributed by atoms with Crippen molar-refractivity contribution in [1.82, 2.24) is 0 Å². The number of carboxylic acids is 2. The van der Waals surface area contributed by atoms with E-state index in [1.54, 1.807) is 6.92 Å². The Kier molecular flexibility index (Phi) is 15.3. The maximum absolute atomic E-state index is 11.7. The zero-order chi connectivity index (χ0) is 22.0. The quantitative estimate of drug-likeness (QED) is 0.117. The van der Waals surface area contributed by atoms with E-state index in [0.717, 1.165) is 0 Å². The molecular weight excluding hydrogens is 396 g/mol. The van der Waals surface area contributed by atoms with Crippen LogP contribution >= 0.6 is 0 Å². The minimum Gasteiger partial charge on any atom is -0.481 e. The molecule has 0 bridgehead atoms. The van der Waals surface area contributed by atoms with E-state index in [9.17, 15) is 19.2 Å². The molecule has 0 saturated heterocycles. The second-order valence-electron chi connectivity index (χ2n) is 6.22. The van der Waals surface area contributed by atoms with Gasteiger partial charge in [0.1, 0.15) is 26.8 Å². The van der Waals surface area contributed by atoms with Crippen molar-refractivity contribution in [1.29, 1.82) is 0 Å². The summed E-state index contributed by atoms with van der Waals surface area (Å²) < 4.78 is 30.3. The van der Waals surface area contributed by atoms with E-state index in [0.29, 0.717) is 0 Å². The van der Waals surface area contributed by atoms with Crippen LogP contribution in [0.5, 0.6) is 0 Å². The van der Waals surface area contributed by atoms with E-state index in [-0.39, 0.29) is 79.0 Å². The predicted molar refractivity (Wildman–Crippen MR) is 93.7 cm³/mol. The zero-order valence-electron chi connectivity index (χ0n) is 16.3. The van der Waals surface area contributed by atoms with Crippen LogP contribution in [0, 0.1) is 5.41 Å². The van der Waals surface area contributed by atoms with Gasteiger partial charge in [-0.25, -0.2) is 0 Å². The molecule has 0 aliphatic rings. The first-order chi connectivity index (χ1) is 13.8. The molecule has 0 heterocycles. The molecule has 2 N–H and O–H groups in total. The number of aliphatic carboxylic acids is 2. The highest BCUT2D eigenvalue weighted by atomic mass is 16.7. The SMILES string of the molecule is CC(COCOCCC(=O)O)(COCOCCC(=O)O)COC(=O)CCOC=O. The van der Waals surface area contributed by atoms with Gasteiger partial charge >= 0.3 is 17.9 Å². The molecule has 0 fully saturated rings. The fourth-order valence-corrected chi connectivity index (χ4v) is 1.77. The fraction of sp³-hybridized carbons (Fsp3) is 0.765. The van der Waals surface area contributed by atoms with Crippen LogP contribution in [0.2, 0.25) is 0 Å². The van der Waals surface area contributed by atoms with Crippen LogP contribution < -0.4 is 0 Å². The Labute approximate surface area is 167 Å². The Morgan fingerprint density at radius 2 is 1.31 bits per heavy atom. The maximum Gasteiger partial charge on any atom is 0.309 e. The maximum atomic E-state index is 11.7. The Bertz CT molecular complexity index is 467. The van der Waals surface area contributed by atoms with Crippen LogP contribution in [-0.2, 0) is 47.6 Å². The number of esters is 1. The Morgan fingerprint density at radius 3 is 1.76 bits per heavy atom. The zero-order valence-corrected chi connectivity index (χ0v) is 16.3. The minimum absolute atomic E-state index is 0.00825. The summed E-state index contributed by atoms with van der Waals surface area (Å²) in [6.45, 7) is 1.58. The second-order valence-corrected chi connectivity index (χ2v) is 6.22. The Morgan fingerprint density at radius 1 is 0.793 bits per heavy atom. The first kappa shape index (κ1) is 26.7. The molecule has 0 saturated carbocycles. The van der Waals surface area contributed by atoms with Gasteiger partial charge in [0.15, 0.2) is 0 Å². The number of ether oxygens (including phenoxy) is 6. The highest BCUT2D eigenvalue weighted by molar-refractivity contribution is 5.69. The summed E-state index contributed by atoms with van der Waals surface area (Å²) >= 11 is 0. The molecule has 12 nitrogen and oxygen atoms in total. The molecule has 168 valence electrons. The van der Waals surface area contributed by atoms with Crippen LogP contribution in [0.4, 0.5) is 0 Å². The molecule has 0 aromatic heterocycles. The van der Waals surface area contributed by atoms with Gasteiger partial charge in [-0.15, -0.1) is 0 Å². The predicted octanol–water partition coefficient (Wildman–Crippen LogP) is 0.0298. The van der Waals surface area contributed by atoms with E-state index >= 15 is 0 Å². The summed E-state index contributed by atoms with van der Waals surface area (Å²) in [6.07, 6.45) is -0.414. The lowest BCUT2D eigenvalue weighted by atomic mass is 9.94. The van der Waals surface area contributed by atoms with Gasteiger partial charge in [-0.2, -0.15) is 0 Å². The van der Waals surface area contributed by atoms with Gasteiger partial charge in [-0.3, -0.25) is 19.2 Å². The van der Waals surface area contributed by atoms with Crippen molar-refractivity contribution in [2.45, 2.75) is 26.2 Å². The molecule has 0 radical (unpaired) electrons. The summed E-state index contributed by atoms with van der Waals surface area (Å²) in [5, 5.41) is 17.1. The molecule has 0 spiro atoms. The molecular formula is C17H28O12. The first-order valence-electron chi connectivity index (χ1n) is 8.74. The van der Waals surface area contributed by atoms with Gasteiger partial charge in [0, 0.05) is 5.41 Å². The lowest BCUT2D eigenvalue weighted by molar-refractivity contribution is -0.159. The van der Waals surface area contributed by atoms with Crippen LogP contribution in [0.3, 0.4) is 0 Å². The highest BCUT2D eigenvalue weighted by Crippen LogP contribution is 2.19. The van der Waals surface area contributed by atoms with Gasteiger partial charge < -0.3 is 38.6 Å². The van der Waals surface area contributed by atoms with Crippen molar-refractivity contribution in [2.75, 3.05) is 53.2 Å². The molecule has 0 amide bonds. The van der Waals surface area contributed by atoms with Crippen molar-refractivity contribution in [2.24, 2.45) is 5.41 Å². The molecule has 0 aromatic carbocycles. The van der Waals surface area contributed by atoms with Crippen LogP contribution in [0.15, 0.2) is 0 Å². The minimum atomic E-state index is -0.989. The molecule has 12 heteroatoms. The normalized spacial score (nSPS) is 11.1. The molecule has 0 rings (SSSR count). The molecule has 0 aromatic rings. The first-order valence-corrected chi connectivity index (χ1v) is 8.74. The summed E-state index contributed by atoms with van der Waals surface area (Å²) in [7, 11) is 0. The van der Waals surface area contributed by atoms with Crippen molar-refractivity contribution in [3.05, 3.63) is 0 Å². The topological polar surface area (TPSA) is 164 Å². The van der Waals surface area contributed by atoms with Gasteiger partial charge in [0.2, 0.25) is 0 Å². The highest BCUT2D eigenvalue weighted by Gasteiger charge is 2.28. The van der Waals surface area contributed by atoms with Crippen LogP contribution in [-0.4, -0.2) is 87.8 Å². The average Bonchev–Trinajstić information content (AvgIpc) is 2.65. The van der Waals surface area contributed by atoms with Crippen molar-refractivity contribution >= 4 is 24.4 Å². The number of rotatable bonds is 20. The smallest absolute Gasteiger partial charge is 0.309 e. The average molecular weight is 424 g/mol. The lowest BCUT2D eigenvalue weighted by Crippen LogP contribution is -2.36. The van der Waals surface area contributed by atoms with Crippen molar-refractivity contribution in [3.63, 3.8) is 0 Å². The third kappa shape index (κ3) is 17.5. The molecule has 0 unspecified atom stereocenters.